The molecule has 2 N–H and O–H groups in total. The molecule has 2 aromatic rings. The largest absolute Gasteiger partial charge is 0.504 e. The van der Waals surface area contributed by atoms with E-state index >= 15 is 0 Å². The van der Waals surface area contributed by atoms with Gasteiger partial charge in [-0.2, -0.15) is 0 Å². The number of carbonyl (C=O) groups is 1. The van der Waals surface area contributed by atoms with Gasteiger partial charge in [0.25, 0.3) is 5.91 Å². The van der Waals surface area contributed by atoms with Gasteiger partial charge < -0.3 is 20.1 Å². The van der Waals surface area contributed by atoms with E-state index in [4.69, 9.17) is 4.74 Å². The average molecular weight is 425 g/mol. The van der Waals surface area contributed by atoms with E-state index in [1.54, 1.807) is 30.0 Å². The van der Waals surface area contributed by atoms with Gasteiger partial charge in [0.2, 0.25) is 0 Å². The molecule has 6 heteroatoms. The van der Waals surface area contributed by atoms with Crippen molar-refractivity contribution in [3.05, 3.63) is 59.0 Å². The molecule has 0 bridgehead atoms. The summed E-state index contributed by atoms with van der Waals surface area (Å²) in [6.45, 7) is 2.26. The molecule has 1 heterocycles. The van der Waals surface area contributed by atoms with Crippen LogP contribution in [0.4, 0.5) is 5.69 Å². The summed E-state index contributed by atoms with van der Waals surface area (Å²) in [5.74, 6) is 1.04. The van der Waals surface area contributed by atoms with E-state index in [0.29, 0.717) is 16.6 Å². The summed E-state index contributed by atoms with van der Waals surface area (Å²) in [7, 11) is 1.52. The van der Waals surface area contributed by atoms with E-state index < -0.39 is 0 Å². The molecule has 2 fully saturated rings. The van der Waals surface area contributed by atoms with Crippen molar-refractivity contribution in [1.29, 1.82) is 0 Å². The number of thioether (sulfide) groups is 1. The van der Waals surface area contributed by atoms with Crippen LogP contribution >= 0.6 is 11.8 Å². The van der Waals surface area contributed by atoms with Crippen LogP contribution < -0.4 is 10.1 Å². The molecule has 5 nitrogen and oxygen atoms in total. The molecule has 30 heavy (non-hydrogen) atoms. The molecule has 0 aromatic heterocycles. The number of hydrogen-bond acceptors (Lipinski definition) is 5. The zero-order valence-corrected chi connectivity index (χ0v) is 18.2. The van der Waals surface area contributed by atoms with Crippen molar-refractivity contribution in [1.82, 2.24) is 4.90 Å². The Labute approximate surface area is 182 Å². The predicted molar refractivity (Wildman–Crippen MR) is 122 cm³/mol. The number of methoxy groups -OCH3 is 1. The molecule has 0 spiro atoms. The fourth-order valence-corrected chi connectivity index (χ4v) is 5.51. The van der Waals surface area contributed by atoms with Crippen LogP contribution in [-0.2, 0) is 4.79 Å². The Hall–Kier alpha value is -2.60. The minimum absolute atomic E-state index is 0.0687. The minimum Gasteiger partial charge on any atom is -0.504 e. The summed E-state index contributed by atoms with van der Waals surface area (Å²) in [6.07, 6.45) is 6.49. The van der Waals surface area contributed by atoms with Gasteiger partial charge in [-0.1, -0.05) is 55.8 Å². The van der Waals surface area contributed by atoms with Crippen LogP contribution in [0.1, 0.15) is 38.2 Å². The molecule has 3 atom stereocenters. The lowest BCUT2D eigenvalue weighted by Crippen LogP contribution is -2.48. The number of para-hydroxylation sites is 1. The molecule has 1 amide bonds. The Morgan fingerprint density at radius 1 is 1.17 bits per heavy atom. The van der Waals surface area contributed by atoms with E-state index in [1.165, 1.54) is 13.5 Å². The zero-order chi connectivity index (χ0) is 21.1. The minimum atomic E-state index is -0.143. The van der Waals surface area contributed by atoms with Crippen molar-refractivity contribution in [2.45, 2.75) is 44.1 Å². The number of carbonyl (C=O) groups excluding carboxylic acids is 1. The van der Waals surface area contributed by atoms with Gasteiger partial charge in [-0.25, -0.2) is 0 Å². The van der Waals surface area contributed by atoms with Crippen LogP contribution in [0.3, 0.4) is 0 Å². The summed E-state index contributed by atoms with van der Waals surface area (Å²) >= 11 is 1.55. The van der Waals surface area contributed by atoms with E-state index in [2.05, 4.69) is 12.2 Å². The highest BCUT2D eigenvalue weighted by Crippen LogP contribution is 2.42. The van der Waals surface area contributed by atoms with E-state index in [1.807, 2.05) is 41.3 Å². The van der Waals surface area contributed by atoms with Crippen molar-refractivity contribution in [3.63, 3.8) is 0 Å². The maximum Gasteiger partial charge on any atom is 0.262 e. The third-order valence-electron chi connectivity index (χ3n) is 5.93. The van der Waals surface area contributed by atoms with Crippen LogP contribution in [-0.4, -0.2) is 34.6 Å². The number of phenolic OH excluding ortho intramolecular Hbond substituents is 1. The van der Waals surface area contributed by atoms with Crippen molar-refractivity contribution in [2.75, 3.05) is 12.4 Å². The number of hydrogen-bond donors (Lipinski definition) is 2. The Morgan fingerprint density at radius 3 is 2.67 bits per heavy atom. The highest BCUT2D eigenvalue weighted by Gasteiger charge is 2.42. The van der Waals surface area contributed by atoms with Crippen molar-refractivity contribution in [3.8, 4) is 11.5 Å². The van der Waals surface area contributed by atoms with Crippen LogP contribution in [0.15, 0.2) is 53.4 Å². The van der Waals surface area contributed by atoms with Crippen molar-refractivity contribution in [2.24, 2.45) is 5.92 Å². The second-order valence-corrected chi connectivity index (χ2v) is 9.08. The smallest absolute Gasteiger partial charge is 0.262 e. The monoisotopic (exact) mass is 424 g/mol. The van der Waals surface area contributed by atoms with Crippen LogP contribution in [0.25, 0.3) is 6.08 Å². The number of amides is 1. The molecule has 1 saturated carbocycles. The van der Waals surface area contributed by atoms with Gasteiger partial charge in [0.1, 0.15) is 0 Å². The fraction of sp³-hybridized carbons (Fsp3) is 0.375. The first kappa shape index (κ1) is 20.7. The number of anilines is 1. The van der Waals surface area contributed by atoms with Gasteiger partial charge in [0, 0.05) is 11.7 Å². The molecule has 2 aromatic carbocycles. The number of phenols is 1. The van der Waals surface area contributed by atoms with E-state index in [0.717, 1.165) is 30.5 Å². The lowest BCUT2D eigenvalue weighted by molar-refractivity contribution is -0.129. The number of nitrogens with one attached hydrogen (secondary N) is 1. The third kappa shape index (κ3) is 4.29. The number of nitrogens with zero attached hydrogens (tertiary/aromatic N) is 1. The summed E-state index contributed by atoms with van der Waals surface area (Å²) in [5, 5.41) is 13.4. The zero-order valence-electron chi connectivity index (χ0n) is 17.4. The Morgan fingerprint density at radius 2 is 1.93 bits per heavy atom. The van der Waals surface area contributed by atoms with Crippen molar-refractivity contribution < 1.29 is 14.6 Å². The van der Waals surface area contributed by atoms with Gasteiger partial charge in [0.05, 0.1) is 12.0 Å². The highest BCUT2D eigenvalue weighted by molar-refractivity contribution is 8.05. The van der Waals surface area contributed by atoms with E-state index in [9.17, 15) is 9.90 Å². The van der Waals surface area contributed by atoms with E-state index in [-0.39, 0.29) is 23.2 Å². The first-order chi connectivity index (χ1) is 14.6. The van der Waals surface area contributed by atoms with Gasteiger partial charge >= 0.3 is 0 Å². The maximum absolute atomic E-state index is 13.5. The molecular weight excluding hydrogens is 396 g/mol. The summed E-state index contributed by atoms with van der Waals surface area (Å²) in [5.41, 5.74) is 1.69. The summed E-state index contributed by atoms with van der Waals surface area (Å²) < 4.78 is 5.21. The fourth-order valence-electron chi connectivity index (χ4n) is 4.30. The number of rotatable bonds is 5. The van der Waals surface area contributed by atoms with Crippen LogP contribution in [0.2, 0.25) is 0 Å². The second kappa shape index (κ2) is 9.04. The highest BCUT2D eigenvalue weighted by atomic mass is 32.2. The Kier molecular flexibility index (Phi) is 6.23. The second-order valence-electron chi connectivity index (χ2n) is 7.96. The SMILES string of the molecule is COc1cc(/C=C2\SC(Nc3ccccc3)N([C@@H]3CCCC[C@@H]3C)C2=O)ccc1O. The van der Waals surface area contributed by atoms with Gasteiger partial charge in [-0.15, -0.1) is 0 Å². The topological polar surface area (TPSA) is 61.8 Å². The first-order valence-electron chi connectivity index (χ1n) is 10.5. The Balaban J connectivity index is 1.65. The normalized spacial score (nSPS) is 25.5. The average Bonchev–Trinajstić information content (AvgIpc) is 3.05. The van der Waals surface area contributed by atoms with Gasteiger partial charge in [-0.05, 0) is 54.7 Å². The molecule has 4 rings (SSSR count). The van der Waals surface area contributed by atoms with Gasteiger partial charge in [-0.3, -0.25) is 4.79 Å². The Bertz CT molecular complexity index is 931. The number of ether oxygens (including phenoxy) is 1. The predicted octanol–water partition coefficient (Wildman–Crippen LogP) is 5.29. The lowest BCUT2D eigenvalue weighted by Gasteiger charge is -2.39. The molecule has 2 aliphatic rings. The molecule has 1 unspecified atom stereocenters. The molecular formula is C24H28N2O3S. The standard InChI is InChI=1S/C24H28N2O3S/c1-16-8-6-7-11-19(16)26-23(28)22(15-17-12-13-20(27)21(14-17)29-2)30-24(26)25-18-9-4-3-5-10-18/h3-5,9-10,12-16,19,24-25,27H,6-8,11H2,1-2H3/b22-15-/t16-,19+,24?/m0/s1. The maximum atomic E-state index is 13.5. The van der Waals surface area contributed by atoms with Gasteiger partial charge in [0.15, 0.2) is 17.0 Å². The molecule has 1 aliphatic carbocycles. The summed E-state index contributed by atoms with van der Waals surface area (Å²) in [6, 6.07) is 15.4. The van der Waals surface area contributed by atoms with Crippen LogP contribution in [0, 0.1) is 5.92 Å². The molecule has 1 aliphatic heterocycles. The summed E-state index contributed by atoms with van der Waals surface area (Å²) in [4.78, 5) is 16.2. The van der Waals surface area contributed by atoms with Crippen molar-refractivity contribution >= 4 is 29.4 Å². The van der Waals surface area contributed by atoms with Crippen LogP contribution in [0.5, 0.6) is 11.5 Å². The lowest BCUT2D eigenvalue weighted by atomic mass is 9.85. The number of benzene rings is 2. The quantitative estimate of drug-likeness (QED) is 0.639. The first-order valence-corrected chi connectivity index (χ1v) is 11.3. The third-order valence-corrected chi connectivity index (χ3v) is 7.04. The molecule has 0 radical (unpaired) electrons. The molecule has 1 saturated heterocycles. The number of aromatic hydroxyl groups is 1. The molecule has 158 valence electrons.